The molecule has 3 heterocycles. The normalized spacial score (nSPS) is 24.5. The van der Waals surface area contributed by atoms with Crippen molar-refractivity contribution in [2.24, 2.45) is 0 Å². The number of halogens is 3. The molecule has 3 aromatic rings. The Balaban J connectivity index is 1.51. The standard InChI is InChI=1S/C31H30Cl2FN3O5S/c1-17-3-6-20(34)15-22(17)29-31(24-7-4-19(33)14-26(24)35-30(31)39)25(16-28(38)36-29)23-13-18(32)5-8-27(23)42-21-9-11-37(12-10-21)43(2,40)41/h3-8,13-15,21,25,29H,9-12,16H2,1-2H3,(H,35,39)(H,36,38)/t25-,29+,31-/m1/s1. The SMILES string of the molecule is Cc1ccc(F)cc1[C@@H]1NC(=O)C[C@H](c2cc(Cl)ccc2OC2CCN(S(C)(=O)=O)CC2)[C@@]12C(=O)Nc1cc(Cl)ccc12. The Morgan fingerprint density at radius 2 is 1.67 bits per heavy atom. The first-order valence-electron chi connectivity index (χ1n) is 14.0. The highest BCUT2D eigenvalue weighted by Crippen LogP contribution is 2.59. The van der Waals surface area contributed by atoms with Crippen LogP contribution >= 0.6 is 23.2 Å². The fourth-order valence-corrected chi connectivity index (χ4v) is 8.03. The number of nitrogens with one attached hydrogen (secondary N) is 2. The number of anilines is 1. The first kappa shape index (κ1) is 29.9. The van der Waals surface area contributed by atoms with Gasteiger partial charge >= 0.3 is 0 Å². The highest BCUT2D eigenvalue weighted by Gasteiger charge is 2.62. The second kappa shape index (κ2) is 11.1. The van der Waals surface area contributed by atoms with Gasteiger partial charge in [0.1, 0.15) is 23.1 Å². The second-order valence-corrected chi connectivity index (χ2v) is 14.3. The van der Waals surface area contributed by atoms with E-state index in [1.807, 2.05) is 6.92 Å². The molecular formula is C31H30Cl2FN3O5S. The maximum absolute atomic E-state index is 14.7. The van der Waals surface area contributed by atoms with Crippen molar-refractivity contribution in [2.75, 3.05) is 24.7 Å². The number of piperidine rings is 2. The van der Waals surface area contributed by atoms with Gasteiger partial charge in [0.15, 0.2) is 0 Å². The number of nitrogens with zero attached hydrogens (tertiary/aromatic N) is 1. The molecule has 43 heavy (non-hydrogen) atoms. The van der Waals surface area contributed by atoms with Gasteiger partial charge in [-0.25, -0.2) is 17.1 Å². The third kappa shape index (κ3) is 5.28. The molecule has 0 radical (unpaired) electrons. The lowest BCUT2D eigenvalue weighted by Gasteiger charge is -2.47. The van der Waals surface area contributed by atoms with Gasteiger partial charge in [-0.1, -0.05) is 35.3 Å². The Hall–Kier alpha value is -3.18. The first-order chi connectivity index (χ1) is 20.4. The number of rotatable bonds is 5. The number of carbonyl (C=O) groups excluding carboxylic acids is 2. The fourth-order valence-electron chi connectivity index (χ4n) is 6.80. The minimum Gasteiger partial charge on any atom is -0.490 e. The molecule has 226 valence electrons. The van der Waals surface area contributed by atoms with Crippen LogP contribution in [-0.4, -0.2) is 50.0 Å². The number of hydrogen-bond acceptors (Lipinski definition) is 5. The summed E-state index contributed by atoms with van der Waals surface area (Å²) in [6.07, 6.45) is 1.77. The van der Waals surface area contributed by atoms with Crippen molar-refractivity contribution >= 4 is 50.7 Å². The highest BCUT2D eigenvalue weighted by atomic mass is 35.5. The lowest BCUT2D eigenvalue weighted by molar-refractivity contribution is -0.131. The van der Waals surface area contributed by atoms with Crippen LogP contribution in [0.15, 0.2) is 54.6 Å². The third-order valence-corrected chi connectivity index (χ3v) is 10.6. The third-order valence-electron chi connectivity index (χ3n) is 8.81. The lowest BCUT2D eigenvalue weighted by atomic mass is 9.59. The summed E-state index contributed by atoms with van der Waals surface area (Å²) in [6, 6.07) is 13.6. The van der Waals surface area contributed by atoms with Crippen molar-refractivity contribution in [1.82, 2.24) is 9.62 Å². The van der Waals surface area contributed by atoms with E-state index < -0.39 is 33.2 Å². The van der Waals surface area contributed by atoms with Crippen molar-refractivity contribution in [3.8, 4) is 5.75 Å². The zero-order chi connectivity index (χ0) is 30.7. The predicted octanol–water partition coefficient (Wildman–Crippen LogP) is 5.48. The molecule has 0 aromatic heterocycles. The van der Waals surface area contributed by atoms with E-state index in [2.05, 4.69) is 10.6 Å². The number of fused-ring (bicyclic) bond motifs is 2. The predicted molar refractivity (Wildman–Crippen MR) is 163 cm³/mol. The largest absolute Gasteiger partial charge is 0.490 e. The monoisotopic (exact) mass is 645 g/mol. The zero-order valence-corrected chi connectivity index (χ0v) is 25.8. The van der Waals surface area contributed by atoms with Crippen molar-refractivity contribution in [2.45, 2.75) is 49.7 Å². The number of sulfonamides is 1. The minimum atomic E-state index is -3.32. The molecule has 2 fully saturated rings. The van der Waals surface area contributed by atoms with E-state index in [4.69, 9.17) is 27.9 Å². The fraction of sp³-hybridized carbons (Fsp3) is 0.355. The molecule has 6 rings (SSSR count). The quantitative estimate of drug-likeness (QED) is 0.382. The van der Waals surface area contributed by atoms with Crippen molar-refractivity contribution in [3.63, 3.8) is 0 Å². The van der Waals surface area contributed by atoms with E-state index in [0.717, 1.165) is 0 Å². The molecule has 0 saturated carbocycles. The minimum absolute atomic E-state index is 0.0659. The van der Waals surface area contributed by atoms with Crippen LogP contribution < -0.4 is 15.4 Å². The summed E-state index contributed by atoms with van der Waals surface area (Å²) in [4.78, 5) is 27.8. The number of ether oxygens (including phenoxy) is 1. The number of aryl methyl sites for hydroxylation is 1. The van der Waals surface area contributed by atoms with Gasteiger partial charge in [0.25, 0.3) is 0 Å². The molecule has 8 nitrogen and oxygen atoms in total. The molecule has 0 aliphatic carbocycles. The molecule has 12 heteroatoms. The average Bonchev–Trinajstić information content (AvgIpc) is 3.23. The summed E-state index contributed by atoms with van der Waals surface area (Å²) in [7, 11) is -3.32. The molecule has 2 amide bonds. The van der Waals surface area contributed by atoms with Crippen LogP contribution in [-0.2, 0) is 25.0 Å². The van der Waals surface area contributed by atoms with Gasteiger partial charge in [0.05, 0.1) is 12.3 Å². The molecule has 3 atom stereocenters. The summed E-state index contributed by atoms with van der Waals surface area (Å²) < 4.78 is 46.7. The Kier molecular flexibility index (Phi) is 7.69. The van der Waals surface area contributed by atoms with Crippen molar-refractivity contribution in [1.29, 1.82) is 0 Å². The second-order valence-electron chi connectivity index (χ2n) is 11.4. The van der Waals surface area contributed by atoms with Crippen LogP contribution in [0, 0.1) is 12.7 Å². The Morgan fingerprint density at radius 3 is 2.40 bits per heavy atom. The van der Waals surface area contributed by atoms with Crippen LogP contribution in [0.2, 0.25) is 10.0 Å². The molecule has 1 spiro atoms. The molecular weight excluding hydrogens is 616 g/mol. The van der Waals surface area contributed by atoms with Gasteiger partial charge in [0.2, 0.25) is 21.8 Å². The summed E-state index contributed by atoms with van der Waals surface area (Å²) in [6.45, 7) is 2.45. The average molecular weight is 647 g/mol. The van der Waals surface area contributed by atoms with Crippen molar-refractivity contribution < 1.29 is 27.1 Å². The topological polar surface area (TPSA) is 105 Å². The first-order valence-corrected chi connectivity index (χ1v) is 16.6. The number of benzene rings is 3. The molecule has 2 N–H and O–H groups in total. The Bertz CT molecular complexity index is 1750. The molecule has 3 aliphatic heterocycles. The van der Waals surface area contributed by atoms with E-state index in [1.54, 1.807) is 42.5 Å². The van der Waals surface area contributed by atoms with Gasteiger partial charge < -0.3 is 15.4 Å². The summed E-state index contributed by atoms with van der Waals surface area (Å²) in [5.74, 6) is -1.48. The molecule has 3 aromatic carbocycles. The summed E-state index contributed by atoms with van der Waals surface area (Å²) >= 11 is 12.9. The maximum atomic E-state index is 14.7. The highest BCUT2D eigenvalue weighted by molar-refractivity contribution is 7.88. The van der Waals surface area contributed by atoms with Crippen molar-refractivity contribution in [3.05, 3.63) is 92.7 Å². The van der Waals surface area contributed by atoms with Crippen LogP contribution in [0.3, 0.4) is 0 Å². The Morgan fingerprint density at radius 1 is 0.977 bits per heavy atom. The van der Waals surface area contributed by atoms with Crippen LogP contribution in [0.1, 0.15) is 53.5 Å². The Labute approximate surface area is 259 Å². The van der Waals surface area contributed by atoms with E-state index in [9.17, 15) is 22.4 Å². The van der Waals surface area contributed by atoms with Crippen LogP contribution in [0.5, 0.6) is 5.75 Å². The molecule has 2 saturated heterocycles. The van der Waals surface area contributed by atoms with Gasteiger partial charge in [0, 0.05) is 46.7 Å². The number of amides is 2. The summed E-state index contributed by atoms with van der Waals surface area (Å²) in [5.41, 5.74) is 1.47. The number of carbonyl (C=O) groups is 2. The van der Waals surface area contributed by atoms with Gasteiger partial charge in [-0.05, 0) is 78.9 Å². The van der Waals surface area contributed by atoms with Gasteiger partial charge in [-0.15, -0.1) is 0 Å². The van der Waals surface area contributed by atoms with E-state index in [0.29, 0.717) is 69.7 Å². The van der Waals surface area contributed by atoms with Gasteiger partial charge in [-0.2, -0.15) is 0 Å². The molecule has 3 aliphatic rings. The molecule has 0 unspecified atom stereocenters. The van der Waals surface area contributed by atoms with Gasteiger partial charge in [-0.3, -0.25) is 9.59 Å². The summed E-state index contributed by atoms with van der Waals surface area (Å²) in [5, 5.41) is 6.82. The van der Waals surface area contributed by atoms with E-state index in [-0.39, 0.29) is 24.3 Å². The van der Waals surface area contributed by atoms with E-state index in [1.165, 1.54) is 22.7 Å². The molecule has 0 bridgehead atoms. The smallest absolute Gasteiger partial charge is 0.238 e. The van der Waals surface area contributed by atoms with E-state index >= 15 is 0 Å². The van der Waals surface area contributed by atoms with Crippen LogP contribution in [0.25, 0.3) is 0 Å². The number of hydrogen-bond donors (Lipinski definition) is 2. The van der Waals surface area contributed by atoms with Crippen LogP contribution in [0.4, 0.5) is 10.1 Å². The zero-order valence-electron chi connectivity index (χ0n) is 23.5. The lowest BCUT2D eigenvalue weighted by Crippen LogP contribution is -2.57. The maximum Gasteiger partial charge on any atom is 0.238 e.